The standard InChI is InChI=1S/C26H19N3O3S/c1-32-18-13-11-17(12-14-18)29-25(31)21(24(30)28-26(29)33)15-20-19-9-5-6-10-22(19)27-23(20)16-7-3-2-4-8-16/h2-15,31H,1H3,(H,28,30,33)/b20-15+. The molecule has 0 atom stereocenters. The molecule has 33 heavy (non-hydrogen) atoms. The first-order valence-electron chi connectivity index (χ1n) is 10.2. The Morgan fingerprint density at radius 2 is 1.70 bits per heavy atom. The van der Waals surface area contributed by atoms with E-state index in [0.717, 1.165) is 28.1 Å². The normalized spacial score (nSPS) is 13.6. The van der Waals surface area contributed by atoms with E-state index in [0.29, 0.717) is 11.4 Å². The number of hydrogen-bond acceptors (Lipinski definition) is 5. The number of nitrogens with one attached hydrogen (secondary N) is 1. The van der Waals surface area contributed by atoms with Gasteiger partial charge in [-0.1, -0.05) is 48.5 Å². The highest BCUT2D eigenvalue weighted by Crippen LogP contribution is 2.38. The summed E-state index contributed by atoms with van der Waals surface area (Å²) in [7, 11) is 1.58. The number of fused-ring (bicyclic) bond motifs is 1. The van der Waals surface area contributed by atoms with Gasteiger partial charge in [-0.05, 0) is 48.6 Å². The molecule has 0 spiro atoms. The van der Waals surface area contributed by atoms with Crippen LogP contribution in [0.3, 0.4) is 0 Å². The largest absolute Gasteiger partial charge is 0.497 e. The van der Waals surface area contributed by atoms with Crippen molar-refractivity contribution in [1.82, 2.24) is 9.55 Å². The fraction of sp³-hybridized carbons (Fsp3) is 0.0385. The molecule has 1 aliphatic heterocycles. The van der Waals surface area contributed by atoms with E-state index < -0.39 is 5.56 Å². The number of aromatic hydroxyl groups is 1. The SMILES string of the molecule is COc1ccc(-n2c(O)c(/C=C3/C(c4ccccc4)=Nc4ccccc43)c(=O)[nH]c2=S)cc1. The number of aliphatic imine (C=N–C) groups is 1. The van der Waals surface area contributed by atoms with Crippen molar-refractivity contribution in [3.8, 4) is 17.3 Å². The van der Waals surface area contributed by atoms with Crippen LogP contribution in [0, 0.1) is 4.77 Å². The van der Waals surface area contributed by atoms with Crippen LogP contribution < -0.4 is 10.3 Å². The molecule has 0 saturated carbocycles. The maximum Gasteiger partial charge on any atom is 0.262 e. The lowest BCUT2D eigenvalue weighted by Crippen LogP contribution is -2.16. The number of aromatic amines is 1. The summed E-state index contributed by atoms with van der Waals surface area (Å²) in [4.78, 5) is 20.4. The van der Waals surface area contributed by atoms with Gasteiger partial charge in [0.2, 0.25) is 5.88 Å². The van der Waals surface area contributed by atoms with Crippen molar-refractivity contribution in [1.29, 1.82) is 0 Å². The predicted octanol–water partition coefficient (Wildman–Crippen LogP) is 5.28. The molecule has 0 unspecified atom stereocenters. The maximum atomic E-state index is 12.9. The zero-order valence-corrected chi connectivity index (χ0v) is 18.5. The van der Waals surface area contributed by atoms with Gasteiger partial charge in [-0.2, -0.15) is 0 Å². The lowest BCUT2D eigenvalue weighted by Gasteiger charge is -2.13. The number of allylic oxidation sites excluding steroid dienone is 1. The van der Waals surface area contributed by atoms with Gasteiger partial charge in [0, 0.05) is 16.7 Å². The molecule has 2 N–H and O–H groups in total. The molecule has 4 aromatic rings. The molecule has 0 radical (unpaired) electrons. The van der Waals surface area contributed by atoms with Crippen molar-refractivity contribution in [2.24, 2.45) is 4.99 Å². The smallest absolute Gasteiger partial charge is 0.262 e. The van der Waals surface area contributed by atoms with Crippen LogP contribution in [0.2, 0.25) is 0 Å². The van der Waals surface area contributed by atoms with Gasteiger partial charge in [-0.3, -0.25) is 14.3 Å². The Balaban J connectivity index is 1.72. The van der Waals surface area contributed by atoms with Crippen molar-refractivity contribution >= 4 is 35.3 Å². The molecular weight excluding hydrogens is 434 g/mol. The van der Waals surface area contributed by atoms with Crippen molar-refractivity contribution < 1.29 is 9.84 Å². The second-order valence-corrected chi connectivity index (χ2v) is 7.82. The number of benzene rings is 3. The Labute approximate surface area is 194 Å². The highest BCUT2D eigenvalue weighted by atomic mass is 32.1. The Kier molecular flexibility index (Phi) is 5.24. The number of rotatable bonds is 4. The Hall–Kier alpha value is -4.23. The van der Waals surface area contributed by atoms with Gasteiger partial charge >= 0.3 is 0 Å². The number of hydrogen-bond donors (Lipinski definition) is 2. The third kappa shape index (κ3) is 3.68. The molecule has 5 rings (SSSR count). The minimum Gasteiger partial charge on any atom is -0.497 e. The van der Waals surface area contributed by atoms with Gasteiger partial charge in [-0.25, -0.2) is 4.99 Å². The van der Waals surface area contributed by atoms with E-state index in [-0.39, 0.29) is 16.2 Å². The molecule has 1 aliphatic rings. The molecular formula is C26H19N3O3S. The molecule has 7 heteroatoms. The summed E-state index contributed by atoms with van der Waals surface area (Å²) in [5.41, 5.74) is 4.29. The summed E-state index contributed by atoms with van der Waals surface area (Å²) in [6, 6.07) is 24.5. The lowest BCUT2D eigenvalue weighted by molar-refractivity contribution is 0.414. The van der Waals surface area contributed by atoms with E-state index in [4.69, 9.17) is 21.9 Å². The van der Waals surface area contributed by atoms with Crippen LogP contribution in [-0.4, -0.2) is 27.5 Å². The van der Waals surface area contributed by atoms with Gasteiger partial charge in [0.1, 0.15) is 11.3 Å². The van der Waals surface area contributed by atoms with Gasteiger partial charge in [0.25, 0.3) is 5.56 Å². The molecule has 3 aromatic carbocycles. The minimum atomic E-state index is -0.480. The first-order chi connectivity index (χ1) is 16.1. The van der Waals surface area contributed by atoms with Gasteiger partial charge in [-0.15, -0.1) is 0 Å². The summed E-state index contributed by atoms with van der Waals surface area (Å²) in [6.45, 7) is 0. The number of nitrogens with zero attached hydrogens (tertiary/aromatic N) is 2. The maximum absolute atomic E-state index is 12.9. The predicted molar refractivity (Wildman–Crippen MR) is 132 cm³/mol. The monoisotopic (exact) mass is 453 g/mol. The zero-order chi connectivity index (χ0) is 22.9. The third-order valence-electron chi connectivity index (χ3n) is 5.47. The third-order valence-corrected chi connectivity index (χ3v) is 5.75. The fourth-order valence-corrected chi connectivity index (χ4v) is 4.14. The highest BCUT2D eigenvalue weighted by molar-refractivity contribution is 7.71. The van der Waals surface area contributed by atoms with Crippen LogP contribution in [-0.2, 0) is 0 Å². The number of methoxy groups -OCH3 is 1. The van der Waals surface area contributed by atoms with E-state index in [1.165, 1.54) is 4.57 Å². The topological polar surface area (TPSA) is 79.6 Å². The van der Waals surface area contributed by atoms with Crippen LogP contribution in [0.5, 0.6) is 11.6 Å². The quantitative estimate of drug-likeness (QED) is 0.412. The number of H-pyrrole nitrogens is 1. The van der Waals surface area contributed by atoms with Crippen molar-refractivity contribution in [3.63, 3.8) is 0 Å². The van der Waals surface area contributed by atoms with E-state index >= 15 is 0 Å². The summed E-state index contributed by atoms with van der Waals surface area (Å²) >= 11 is 5.35. The molecule has 0 saturated heterocycles. The highest BCUT2D eigenvalue weighted by Gasteiger charge is 2.23. The molecule has 6 nitrogen and oxygen atoms in total. The average Bonchev–Trinajstić information content (AvgIpc) is 3.21. The molecule has 0 bridgehead atoms. The first kappa shape index (κ1) is 20.7. The molecule has 0 amide bonds. The summed E-state index contributed by atoms with van der Waals surface area (Å²) in [5, 5.41) is 11.2. The second-order valence-electron chi connectivity index (χ2n) is 7.43. The Morgan fingerprint density at radius 3 is 2.42 bits per heavy atom. The van der Waals surface area contributed by atoms with Crippen molar-refractivity contribution in [2.75, 3.05) is 7.11 Å². The molecule has 0 fully saturated rings. The van der Waals surface area contributed by atoms with Crippen molar-refractivity contribution in [2.45, 2.75) is 0 Å². The van der Waals surface area contributed by atoms with Gasteiger partial charge in [0.05, 0.1) is 24.2 Å². The minimum absolute atomic E-state index is 0.0913. The van der Waals surface area contributed by atoms with E-state index in [9.17, 15) is 9.90 Å². The lowest BCUT2D eigenvalue weighted by atomic mass is 9.96. The van der Waals surface area contributed by atoms with Crippen LogP contribution in [0.4, 0.5) is 5.69 Å². The Bertz CT molecular complexity index is 1530. The molecule has 162 valence electrons. The zero-order valence-electron chi connectivity index (χ0n) is 17.6. The Morgan fingerprint density at radius 1 is 1.00 bits per heavy atom. The van der Waals surface area contributed by atoms with Crippen LogP contribution in [0.25, 0.3) is 17.3 Å². The van der Waals surface area contributed by atoms with E-state index in [2.05, 4.69) is 4.98 Å². The molecule has 2 heterocycles. The fourth-order valence-electron chi connectivity index (χ4n) is 3.85. The van der Waals surface area contributed by atoms with Crippen LogP contribution >= 0.6 is 12.2 Å². The number of aromatic nitrogens is 2. The molecule has 1 aromatic heterocycles. The first-order valence-corrected chi connectivity index (χ1v) is 10.7. The van der Waals surface area contributed by atoms with Gasteiger partial charge in [0.15, 0.2) is 4.77 Å². The summed E-state index contributed by atoms with van der Waals surface area (Å²) in [6.07, 6.45) is 1.67. The van der Waals surface area contributed by atoms with Gasteiger partial charge < -0.3 is 9.84 Å². The summed E-state index contributed by atoms with van der Waals surface area (Å²) in [5.74, 6) is 0.418. The molecule has 0 aliphatic carbocycles. The second kappa shape index (κ2) is 8.37. The number of para-hydroxylation sites is 1. The van der Waals surface area contributed by atoms with Crippen LogP contribution in [0.15, 0.2) is 88.6 Å². The average molecular weight is 454 g/mol. The van der Waals surface area contributed by atoms with E-state index in [1.54, 1.807) is 37.5 Å². The van der Waals surface area contributed by atoms with Crippen LogP contribution in [0.1, 0.15) is 16.7 Å². The summed E-state index contributed by atoms with van der Waals surface area (Å²) < 4.78 is 6.72. The number of ether oxygens (including phenoxy) is 1. The van der Waals surface area contributed by atoms with Crippen molar-refractivity contribution in [3.05, 3.63) is 111 Å². The van der Waals surface area contributed by atoms with E-state index in [1.807, 2.05) is 54.6 Å².